The normalized spacial score (nSPS) is 9.67. The smallest absolute Gasteiger partial charge is 0.310 e. The summed E-state index contributed by atoms with van der Waals surface area (Å²) in [5.74, 6) is 1.58. The molecule has 2 aromatic carbocycles. The van der Waals surface area contributed by atoms with Gasteiger partial charge >= 0.3 is 7.51 Å². The summed E-state index contributed by atoms with van der Waals surface area (Å²) in [5.41, 5.74) is 2.31. The maximum absolute atomic E-state index is 6.00. The molecule has 24 heavy (non-hydrogen) atoms. The molecule has 0 spiro atoms. The van der Waals surface area contributed by atoms with E-state index < -0.39 is 7.51 Å². The Hall–Kier alpha value is -1.73. The number of benzene rings is 2. The Balaban J connectivity index is 0.00000123. The van der Waals surface area contributed by atoms with Crippen molar-refractivity contribution in [3.05, 3.63) is 59.7 Å². The SMILES string of the molecule is CC.CC.CN=P(C)(Oc1cccc(C)c1)Oc1cccc(C)c1. The van der Waals surface area contributed by atoms with Gasteiger partial charge in [-0.3, -0.25) is 0 Å². The van der Waals surface area contributed by atoms with Crippen LogP contribution < -0.4 is 9.05 Å². The molecule has 0 saturated heterocycles. The first kappa shape index (κ1) is 22.3. The third-order valence-corrected chi connectivity index (χ3v) is 4.72. The first-order chi connectivity index (χ1) is 11.5. The monoisotopic (exact) mass is 349 g/mol. The molecular weight excluding hydrogens is 317 g/mol. The van der Waals surface area contributed by atoms with Crippen molar-refractivity contribution in [3.8, 4) is 11.5 Å². The van der Waals surface area contributed by atoms with Gasteiger partial charge in [-0.1, -0.05) is 52.0 Å². The zero-order valence-electron chi connectivity index (χ0n) is 16.3. The van der Waals surface area contributed by atoms with Gasteiger partial charge in [-0.15, -0.1) is 0 Å². The topological polar surface area (TPSA) is 30.8 Å². The van der Waals surface area contributed by atoms with Gasteiger partial charge in [-0.05, 0) is 49.2 Å². The Labute approximate surface area is 148 Å². The molecule has 0 fully saturated rings. The predicted molar refractivity (Wildman–Crippen MR) is 108 cm³/mol. The average molecular weight is 349 g/mol. The van der Waals surface area contributed by atoms with Gasteiger partial charge in [0.25, 0.3) is 0 Å². The minimum Gasteiger partial charge on any atom is -0.430 e. The van der Waals surface area contributed by atoms with Crippen molar-refractivity contribution in [2.45, 2.75) is 41.5 Å². The summed E-state index contributed by atoms with van der Waals surface area (Å²) in [6.45, 7) is 14.0. The van der Waals surface area contributed by atoms with E-state index in [2.05, 4.69) is 4.74 Å². The highest BCUT2D eigenvalue weighted by Gasteiger charge is 2.17. The molecule has 0 aliphatic rings. The summed E-state index contributed by atoms with van der Waals surface area (Å²) in [6.07, 6.45) is 0. The highest BCUT2D eigenvalue weighted by atomic mass is 31.2. The zero-order chi connectivity index (χ0) is 18.6. The van der Waals surface area contributed by atoms with Gasteiger partial charge in [-0.25, -0.2) is 4.74 Å². The van der Waals surface area contributed by atoms with Crippen LogP contribution in [0.3, 0.4) is 0 Å². The summed E-state index contributed by atoms with van der Waals surface area (Å²) in [4.78, 5) is 0. The molecule has 3 nitrogen and oxygen atoms in total. The molecule has 2 rings (SSSR count). The van der Waals surface area contributed by atoms with E-state index in [1.165, 1.54) is 0 Å². The van der Waals surface area contributed by atoms with Gasteiger partial charge in [0.05, 0.1) is 0 Å². The van der Waals surface area contributed by atoms with Crippen molar-refractivity contribution >= 4 is 7.51 Å². The van der Waals surface area contributed by atoms with Crippen molar-refractivity contribution in [2.24, 2.45) is 4.74 Å². The molecule has 0 aliphatic heterocycles. The second-order valence-corrected chi connectivity index (χ2v) is 7.19. The Morgan fingerprint density at radius 1 is 0.750 bits per heavy atom. The first-order valence-electron chi connectivity index (χ1n) is 8.51. The lowest BCUT2D eigenvalue weighted by molar-refractivity contribution is 0.480. The Morgan fingerprint density at radius 2 is 1.12 bits per heavy atom. The molecule has 0 saturated carbocycles. The highest BCUT2D eigenvalue weighted by Crippen LogP contribution is 2.48. The van der Waals surface area contributed by atoms with Gasteiger partial charge in [0.2, 0.25) is 0 Å². The van der Waals surface area contributed by atoms with Gasteiger partial charge in [-0.2, -0.15) is 0 Å². The third kappa shape index (κ3) is 7.70. The number of aryl methyl sites for hydroxylation is 2. The van der Waals surface area contributed by atoms with Gasteiger partial charge in [0, 0.05) is 13.7 Å². The summed E-state index contributed by atoms with van der Waals surface area (Å²) < 4.78 is 16.3. The lowest BCUT2D eigenvalue weighted by atomic mass is 10.2. The van der Waals surface area contributed by atoms with Crippen LogP contribution in [0.4, 0.5) is 0 Å². The molecule has 0 atom stereocenters. The quantitative estimate of drug-likeness (QED) is 0.551. The Morgan fingerprint density at radius 3 is 1.42 bits per heavy atom. The molecule has 0 radical (unpaired) electrons. The van der Waals surface area contributed by atoms with Crippen LogP contribution in [0.1, 0.15) is 38.8 Å². The fraction of sp³-hybridized carbons (Fsp3) is 0.400. The maximum Gasteiger partial charge on any atom is 0.310 e. The first-order valence-corrected chi connectivity index (χ1v) is 10.5. The summed E-state index contributed by atoms with van der Waals surface area (Å²) in [7, 11) is -0.573. The van der Waals surface area contributed by atoms with Crippen molar-refractivity contribution < 1.29 is 9.05 Å². The van der Waals surface area contributed by atoms with E-state index >= 15 is 0 Å². The number of rotatable bonds is 4. The number of hydrogen-bond donors (Lipinski definition) is 0. The standard InChI is InChI=1S/C16H20NO2P.2C2H6/c1-13-7-5-9-15(11-13)18-20(4,17-3)19-16-10-6-8-14(2)12-16;2*1-2/h5-12H,1-4H3;2*1-2H3. The van der Waals surface area contributed by atoms with E-state index in [0.29, 0.717) is 0 Å². The van der Waals surface area contributed by atoms with Crippen molar-refractivity contribution in [1.82, 2.24) is 0 Å². The predicted octanol–water partition coefficient (Wildman–Crippen LogP) is 7.10. The molecule has 0 aromatic heterocycles. The highest BCUT2D eigenvalue weighted by molar-refractivity contribution is 7.56. The molecule has 2 aromatic rings. The molecule has 0 aliphatic carbocycles. The van der Waals surface area contributed by atoms with Crippen molar-refractivity contribution in [2.75, 3.05) is 13.7 Å². The Kier molecular flexibility index (Phi) is 10.9. The lowest BCUT2D eigenvalue weighted by Gasteiger charge is -2.21. The van der Waals surface area contributed by atoms with Crippen LogP contribution in [0.25, 0.3) is 0 Å². The average Bonchev–Trinajstić information content (AvgIpc) is 2.58. The molecular formula is C20H32NO2P. The maximum atomic E-state index is 6.00. The summed E-state index contributed by atoms with van der Waals surface area (Å²) in [5, 5.41) is 0. The second kappa shape index (κ2) is 11.8. The van der Waals surface area contributed by atoms with Crippen LogP contribution in [0.5, 0.6) is 11.5 Å². The third-order valence-electron chi connectivity index (χ3n) is 2.89. The summed E-state index contributed by atoms with van der Waals surface area (Å²) in [6, 6.07) is 15.8. The second-order valence-electron chi connectivity index (χ2n) is 4.82. The fourth-order valence-corrected chi connectivity index (χ4v) is 3.05. The molecule has 0 N–H and O–H groups in total. The fourth-order valence-electron chi connectivity index (χ4n) is 1.84. The molecule has 4 heteroatoms. The van der Waals surface area contributed by atoms with Gasteiger partial charge in [0.15, 0.2) is 0 Å². The van der Waals surface area contributed by atoms with Crippen LogP contribution in [0.15, 0.2) is 53.3 Å². The minimum absolute atomic E-state index is 0.791. The number of hydrogen-bond acceptors (Lipinski definition) is 3. The van der Waals surface area contributed by atoms with Crippen molar-refractivity contribution in [3.63, 3.8) is 0 Å². The van der Waals surface area contributed by atoms with E-state index in [1.807, 2.05) is 96.7 Å². The van der Waals surface area contributed by atoms with Crippen LogP contribution in [-0.2, 0) is 0 Å². The molecule has 0 unspecified atom stereocenters. The minimum atomic E-state index is -2.31. The largest absolute Gasteiger partial charge is 0.430 e. The molecule has 0 bridgehead atoms. The van der Waals surface area contributed by atoms with Crippen LogP contribution in [-0.4, -0.2) is 13.7 Å². The van der Waals surface area contributed by atoms with E-state index in [4.69, 9.17) is 9.05 Å². The zero-order valence-corrected chi connectivity index (χ0v) is 17.2. The Bertz CT molecular complexity index is 602. The molecule has 0 heterocycles. The van der Waals surface area contributed by atoms with E-state index in [0.717, 1.165) is 22.6 Å². The van der Waals surface area contributed by atoms with Crippen molar-refractivity contribution in [1.29, 1.82) is 0 Å². The van der Waals surface area contributed by atoms with Crippen LogP contribution >= 0.6 is 7.51 Å². The summed E-state index contributed by atoms with van der Waals surface area (Å²) >= 11 is 0. The van der Waals surface area contributed by atoms with E-state index in [9.17, 15) is 0 Å². The van der Waals surface area contributed by atoms with E-state index in [1.54, 1.807) is 7.05 Å². The molecule has 0 amide bonds. The van der Waals surface area contributed by atoms with Crippen LogP contribution in [0, 0.1) is 13.8 Å². The molecule has 134 valence electrons. The lowest BCUT2D eigenvalue weighted by Crippen LogP contribution is -2.00. The van der Waals surface area contributed by atoms with Gasteiger partial charge in [0.1, 0.15) is 11.5 Å². The van der Waals surface area contributed by atoms with Gasteiger partial charge < -0.3 is 9.05 Å². The van der Waals surface area contributed by atoms with Crippen LogP contribution in [0.2, 0.25) is 0 Å². The van der Waals surface area contributed by atoms with E-state index in [-0.39, 0.29) is 0 Å². The number of nitrogens with zero attached hydrogens (tertiary/aromatic N) is 1.